The molecule has 2 aliphatic rings. The molecule has 10 heteroatoms. The topological polar surface area (TPSA) is 113 Å². The lowest BCUT2D eigenvalue weighted by atomic mass is 9.94. The van der Waals surface area contributed by atoms with Crippen molar-refractivity contribution in [2.45, 2.75) is 80.9 Å². The van der Waals surface area contributed by atoms with Gasteiger partial charge >= 0.3 is 0 Å². The van der Waals surface area contributed by atoms with Crippen LogP contribution in [0.4, 0.5) is 0 Å². The first-order chi connectivity index (χ1) is 16.2. The standard InChI is InChI=1S/C24H31N3O5S2/c1-15-22(27-14-21(33-23(27)25-15)24(29)11-3-4-12-24)16-5-10-19(32-2)20(13-16)34(30,31)26-17-6-8-18(28)9-7-17/h5,10,13-14,17-18,26,28-29H,3-4,6-9,11-12H2,1-2H3/t17-,18+. The van der Waals surface area contributed by atoms with Crippen LogP contribution in [-0.2, 0) is 15.6 Å². The zero-order valence-electron chi connectivity index (χ0n) is 19.5. The second-order valence-corrected chi connectivity index (χ2v) is 12.2. The second-order valence-electron chi connectivity index (χ2n) is 9.52. The average molecular weight is 506 g/mol. The molecule has 2 saturated carbocycles. The predicted octanol–water partition coefficient (Wildman–Crippen LogP) is 3.72. The number of rotatable bonds is 6. The van der Waals surface area contributed by atoms with Crippen LogP contribution in [0.5, 0.6) is 5.75 Å². The van der Waals surface area contributed by atoms with Crippen LogP contribution in [0.2, 0.25) is 0 Å². The number of aromatic nitrogens is 2. The van der Waals surface area contributed by atoms with Crippen molar-refractivity contribution in [3.8, 4) is 17.0 Å². The Kier molecular flexibility index (Phi) is 6.22. The van der Waals surface area contributed by atoms with Crippen LogP contribution in [0, 0.1) is 6.92 Å². The molecule has 34 heavy (non-hydrogen) atoms. The molecule has 0 spiro atoms. The Bertz CT molecular complexity index is 1300. The zero-order chi connectivity index (χ0) is 24.1. The normalized spacial score (nSPS) is 22.9. The molecule has 0 radical (unpaired) electrons. The van der Waals surface area contributed by atoms with Crippen molar-refractivity contribution in [1.29, 1.82) is 0 Å². The minimum absolute atomic E-state index is 0.0813. The molecule has 0 aliphatic heterocycles. The van der Waals surface area contributed by atoms with Crippen LogP contribution >= 0.6 is 11.3 Å². The number of hydrogen-bond donors (Lipinski definition) is 3. The molecule has 3 aromatic rings. The second kappa shape index (κ2) is 8.91. The fraction of sp³-hybridized carbons (Fsp3) is 0.542. The Labute approximate surface area is 203 Å². The Morgan fingerprint density at radius 2 is 1.91 bits per heavy atom. The quantitative estimate of drug-likeness (QED) is 0.471. The number of nitrogens with one attached hydrogen (secondary N) is 1. The van der Waals surface area contributed by atoms with Crippen molar-refractivity contribution in [3.05, 3.63) is 35.0 Å². The molecule has 0 saturated heterocycles. The van der Waals surface area contributed by atoms with E-state index in [4.69, 9.17) is 9.72 Å². The number of benzene rings is 1. The van der Waals surface area contributed by atoms with Gasteiger partial charge in [-0.3, -0.25) is 4.40 Å². The lowest BCUT2D eigenvalue weighted by Gasteiger charge is -2.26. The Hall–Kier alpha value is -1.98. The molecule has 2 fully saturated rings. The molecule has 0 bridgehead atoms. The first kappa shape index (κ1) is 23.7. The first-order valence-corrected chi connectivity index (χ1v) is 14.1. The minimum atomic E-state index is -3.84. The highest BCUT2D eigenvalue weighted by molar-refractivity contribution is 7.89. The third kappa shape index (κ3) is 4.26. The molecule has 2 aliphatic carbocycles. The molecule has 184 valence electrons. The van der Waals surface area contributed by atoms with E-state index in [2.05, 4.69) is 4.72 Å². The summed E-state index contributed by atoms with van der Waals surface area (Å²) in [6.07, 6.45) is 7.49. The molecule has 1 aromatic carbocycles. The maximum atomic E-state index is 13.3. The number of nitrogens with zero attached hydrogens (tertiary/aromatic N) is 2. The number of sulfonamides is 1. The number of fused-ring (bicyclic) bond motifs is 1. The van der Waals surface area contributed by atoms with Crippen molar-refractivity contribution in [2.75, 3.05) is 7.11 Å². The number of imidazole rings is 1. The van der Waals surface area contributed by atoms with Crippen molar-refractivity contribution in [2.24, 2.45) is 0 Å². The Balaban J connectivity index is 1.53. The van der Waals surface area contributed by atoms with Crippen molar-refractivity contribution >= 4 is 26.3 Å². The van der Waals surface area contributed by atoms with Gasteiger partial charge in [0.15, 0.2) is 4.96 Å². The van der Waals surface area contributed by atoms with E-state index in [1.807, 2.05) is 23.6 Å². The Morgan fingerprint density at radius 1 is 1.21 bits per heavy atom. The summed E-state index contributed by atoms with van der Waals surface area (Å²) in [5.41, 5.74) is 1.51. The molecule has 8 nitrogen and oxygen atoms in total. The van der Waals surface area contributed by atoms with Crippen molar-refractivity contribution in [3.63, 3.8) is 0 Å². The van der Waals surface area contributed by atoms with E-state index in [0.717, 1.165) is 46.9 Å². The zero-order valence-corrected chi connectivity index (χ0v) is 21.1. The summed E-state index contributed by atoms with van der Waals surface area (Å²) in [7, 11) is -2.38. The van der Waals surface area contributed by atoms with E-state index in [9.17, 15) is 18.6 Å². The molecule has 0 unspecified atom stereocenters. The van der Waals surface area contributed by atoms with Gasteiger partial charge in [-0.2, -0.15) is 0 Å². The van der Waals surface area contributed by atoms with Gasteiger partial charge in [-0.15, -0.1) is 0 Å². The summed E-state index contributed by atoms with van der Waals surface area (Å²) in [5, 5.41) is 20.8. The maximum absolute atomic E-state index is 13.3. The average Bonchev–Trinajstić information content (AvgIpc) is 3.50. The number of aliphatic hydroxyl groups excluding tert-OH is 1. The number of thiazole rings is 1. The molecular weight excluding hydrogens is 474 g/mol. The highest BCUT2D eigenvalue weighted by atomic mass is 32.2. The van der Waals surface area contributed by atoms with Gasteiger partial charge in [-0.25, -0.2) is 18.1 Å². The van der Waals surface area contributed by atoms with Gasteiger partial charge < -0.3 is 14.9 Å². The van der Waals surface area contributed by atoms with Crippen LogP contribution in [0.1, 0.15) is 61.9 Å². The van der Waals surface area contributed by atoms with Crippen molar-refractivity contribution < 1.29 is 23.4 Å². The summed E-state index contributed by atoms with van der Waals surface area (Å²) in [5.74, 6) is 0.275. The van der Waals surface area contributed by atoms with Gasteiger partial charge in [-0.05, 0) is 63.6 Å². The van der Waals surface area contributed by atoms with Crippen molar-refractivity contribution in [1.82, 2.24) is 14.1 Å². The van der Waals surface area contributed by atoms with E-state index in [-0.39, 0.29) is 22.8 Å². The number of aryl methyl sites for hydroxylation is 1. The SMILES string of the molecule is COc1ccc(-c2c(C)nc3sc(C4(O)CCCC4)cn23)cc1S(=O)(=O)N[C@H]1CC[C@@H](O)CC1. The van der Waals surface area contributed by atoms with Gasteiger partial charge in [0.1, 0.15) is 16.2 Å². The molecule has 2 aromatic heterocycles. The summed E-state index contributed by atoms with van der Waals surface area (Å²) in [6.45, 7) is 1.91. The summed E-state index contributed by atoms with van der Waals surface area (Å²) >= 11 is 1.49. The fourth-order valence-corrected chi connectivity index (χ4v) is 7.91. The smallest absolute Gasteiger partial charge is 0.244 e. The van der Waals surface area contributed by atoms with E-state index >= 15 is 0 Å². The predicted molar refractivity (Wildman–Crippen MR) is 131 cm³/mol. The van der Waals surface area contributed by atoms with Gasteiger partial charge in [0.25, 0.3) is 0 Å². The highest BCUT2D eigenvalue weighted by Gasteiger charge is 2.35. The Morgan fingerprint density at radius 3 is 2.59 bits per heavy atom. The maximum Gasteiger partial charge on any atom is 0.244 e. The monoisotopic (exact) mass is 505 g/mol. The van der Waals surface area contributed by atoms with E-state index in [0.29, 0.717) is 31.2 Å². The van der Waals surface area contributed by atoms with E-state index in [1.54, 1.807) is 12.1 Å². The summed E-state index contributed by atoms with van der Waals surface area (Å²) in [6, 6.07) is 4.94. The molecule has 3 N–H and O–H groups in total. The third-order valence-corrected chi connectivity index (χ3v) is 9.85. The number of aliphatic hydroxyl groups is 2. The molecular formula is C24H31N3O5S2. The van der Waals surface area contributed by atoms with E-state index < -0.39 is 15.6 Å². The molecule has 2 heterocycles. The van der Waals surface area contributed by atoms with Crippen LogP contribution in [0.3, 0.4) is 0 Å². The van der Waals surface area contributed by atoms with Crippen LogP contribution < -0.4 is 9.46 Å². The third-order valence-electron chi connectivity index (χ3n) is 7.14. The summed E-state index contributed by atoms with van der Waals surface area (Å²) < 4.78 is 36.9. The largest absolute Gasteiger partial charge is 0.495 e. The van der Waals surface area contributed by atoms with Gasteiger partial charge in [0, 0.05) is 17.8 Å². The lowest BCUT2D eigenvalue weighted by Crippen LogP contribution is -2.38. The number of hydrogen-bond acceptors (Lipinski definition) is 7. The number of methoxy groups -OCH3 is 1. The van der Waals surface area contributed by atoms with Crippen LogP contribution in [0.25, 0.3) is 16.2 Å². The van der Waals surface area contributed by atoms with Gasteiger partial charge in [0.2, 0.25) is 10.0 Å². The van der Waals surface area contributed by atoms with Crippen LogP contribution in [0.15, 0.2) is 29.3 Å². The molecule has 0 amide bonds. The lowest BCUT2D eigenvalue weighted by molar-refractivity contribution is 0.0480. The number of ether oxygens (including phenoxy) is 1. The molecule has 5 rings (SSSR count). The molecule has 0 atom stereocenters. The van der Waals surface area contributed by atoms with Gasteiger partial charge in [-0.1, -0.05) is 24.2 Å². The highest BCUT2D eigenvalue weighted by Crippen LogP contribution is 2.43. The van der Waals surface area contributed by atoms with E-state index in [1.165, 1.54) is 18.4 Å². The van der Waals surface area contributed by atoms with Gasteiger partial charge in [0.05, 0.1) is 29.5 Å². The fourth-order valence-electron chi connectivity index (χ4n) is 5.23. The van der Waals surface area contributed by atoms with Crippen LogP contribution in [-0.4, -0.2) is 47.3 Å². The first-order valence-electron chi connectivity index (χ1n) is 11.8. The summed E-state index contributed by atoms with van der Waals surface area (Å²) in [4.78, 5) is 6.46. The minimum Gasteiger partial charge on any atom is -0.495 e.